The Balaban J connectivity index is 2.22. The van der Waals surface area contributed by atoms with Crippen LogP contribution in [0.15, 0.2) is 28.2 Å². The molecule has 0 heterocycles. The van der Waals surface area contributed by atoms with E-state index in [-0.39, 0.29) is 6.04 Å². The third-order valence-corrected chi connectivity index (χ3v) is 4.21. The molecule has 2 unspecified atom stereocenters. The molecule has 4 nitrogen and oxygen atoms in total. The van der Waals surface area contributed by atoms with Crippen LogP contribution in [-0.4, -0.2) is 18.2 Å². The van der Waals surface area contributed by atoms with Gasteiger partial charge in [-0.25, -0.2) is 14.6 Å². The summed E-state index contributed by atoms with van der Waals surface area (Å²) in [7, 11) is 0. The van der Waals surface area contributed by atoms with Gasteiger partial charge in [0.05, 0.1) is 11.7 Å². The van der Waals surface area contributed by atoms with Gasteiger partial charge in [-0.15, -0.1) is 0 Å². The number of isocyanates is 2. The summed E-state index contributed by atoms with van der Waals surface area (Å²) in [6.07, 6.45) is 9.43. The lowest BCUT2D eigenvalue weighted by atomic mass is 9.81. The van der Waals surface area contributed by atoms with Gasteiger partial charge in [-0.3, -0.25) is 0 Å². The van der Waals surface area contributed by atoms with Crippen LogP contribution >= 0.6 is 0 Å². The molecule has 0 aromatic heterocycles. The van der Waals surface area contributed by atoms with Crippen molar-refractivity contribution in [2.45, 2.75) is 51.5 Å². The molecule has 0 spiro atoms. The lowest BCUT2D eigenvalue weighted by molar-refractivity contribution is 0.307. The van der Waals surface area contributed by atoms with E-state index in [0.29, 0.717) is 11.6 Å². The third kappa shape index (κ3) is 4.22. The quantitative estimate of drug-likeness (QED) is 0.612. The minimum absolute atomic E-state index is 0.0829. The molecule has 0 aliphatic heterocycles. The van der Waals surface area contributed by atoms with Gasteiger partial charge in [0.15, 0.2) is 0 Å². The first-order valence-electron chi connectivity index (χ1n) is 7.54. The highest BCUT2D eigenvalue weighted by molar-refractivity contribution is 5.52. The fourth-order valence-corrected chi connectivity index (χ4v) is 3.15. The Labute approximate surface area is 125 Å². The van der Waals surface area contributed by atoms with Crippen molar-refractivity contribution >= 4 is 17.8 Å². The zero-order valence-electron chi connectivity index (χ0n) is 12.3. The van der Waals surface area contributed by atoms with Gasteiger partial charge in [-0.1, -0.05) is 25.8 Å². The van der Waals surface area contributed by atoms with E-state index in [2.05, 4.69) is 23.0 Å². The summed E-state index contributed by atoms with van der Waals surface area (Å²) in [5.74, 6) is 0.375. The van der Waals surface area contributed by atoms with Gasteiger partial charge in [0.2, 0.25) is 12.2 Å². The minimum Gasteiger partial charge on any atom is -0.211 e. The average Bonchev–Trinajstić information content (AvgIpc) is 2.49. The average molecular weight is 284 g/mol. The summed E-state index contributed by atoms with van der Waals surface area (Å²) in [5, 5.41) is 0. The molecule has 0 radical (unpaired) electrons. The highest BCUT2D eigenvalue weighted by atomic mass is 16.1. The maximum atomic E-state index is 10.6. The van der Waals surface area contributed by atoms with Crippen LogP contribution in [0.2, 0.25) is 0 Å². The first kappa shape index (κ1) is 15.4. The predicted molar refractivity (Wildman–Crippen MR) is 81.2 cm³/mol. The Morgan fingerprint density at radius 1 is 1.10 bits per heavy atom. The van der Waals surface area contributed by atoms with E-state index >= 15 is 0 Å². The molecular formula is C17H20N2O2. The fourth-order valence-electron chi connectivity index (χ4n) is 3.15. The molecule has 0 N–H and O–H groups in total. The maximum absolute atomic E-state index is 10.6. The van der Waals surface area contributed by atoms with Crippen molar-refractivity contribution in [1.82, 2.24) is 0 Å². The van der Waals surface area contributed by atoms with Crippen molar-refractivity contribution in [3.8, 4) is 0 Å². The van der Waals surface area contributed by atoms with Gasteiger partial charge in [0, 0.05) is 0 Å². The summed E-state index contributed by atoms with van der Waals surface area (Å²) in [6.45, 7) is 2.08. The van der Waals surface area contributed by atoms with Gasteiger partial charge < -0.3 is 0 Å². The Morgan fingerprint density at radius 3 is 2.57 bits per heavy atom. The molecule has 1 aliphatic carbocycles. The van der Waals surface area contributed by atoms with E-state index in [0.717, 1.165) is 43.2 Å². The topological polar surface area (TPSA) is 58.9 Å². The van der Waals surface area contributed by atoms with Crippen LogP contribution < -0.4 is 0 Å². The standard InChI is InChI=1S/C17H20N2O2/c1-2-13-7-14(10-16(9-13)18-11-20)8-15-5-3-4-6-17(15)19-12-21/h7,9-10,15,17H,2-6,8H2,1H3. The second kappa shape index (κ2) is 7.68. The van der Waals surface area contributed by atoms with Gasteiger partial charge in [-0.05, 0) is 54.9 Å². The lowest BCUT2D eigenvalue weighted by Gasteiger charge is -2.27. The first-order valence-corrected chi connectivity index (χ1v) is 7.54. The molecule has 2 rings (SSSR count). The van der Waals surface area contributed by atoms with E-state index in [1.165, 1.54) is 6.42 Å². The molecule has 110 valence electrons. The van der Waals surface area contributed by atoms with Crippen molar-refractivity contribution in [3.63, 3.8) is 0 Å². The van der Waals surface area contributed by atoms with Crippen LogP contribution in [0.3, 0.4) is 0 Å². The van der Waals surface area contributed by atoms with Crippen LogP contribution in [0, 0.1) is 5.92 Å². The van der Waals surface area contributed by atoms with Gasteiger partial charge in [0.1, 0.15) is 0 Å². The summed E-state index contributed by atoms with van der Waals surface area (Å²) in [5.41, 5.74) is 2.97. The molecule has 4 heteroatoms. The highest BCUT2D eigenvalue weighted by Gasteiger charge is 2.25. The zero-order chi connectivity index (χ0) is 15.1. The summed E-state index contributed by atoms with van der Waals surface area (Å²) in [6, 6.07) is 6.08. The molecule has 1 aromatic rings. The zero-order valence-corrected chi connectivity index (χ0v) is 12.3. The Kier molecular flexibility index (Phi) is 5.62. The van der Waals surface area contributed by atoms with Crippen molar-refractivity contribution < 1.29 is 9.59 Å². The number of aryl methyl sites for hydroxylation is 1. The van der Waals surface area contributed by atoms with Crippen LogP contribution in [0.5, 0.6) is 0 Å². The first-order chi connectivity index (χ1) is 10.3. The predicted octanol–water partition coefficient (Wildman–Crippen LogP) is 3.65. The van der Waals surface area contributed by atoms with Crippen LogP contribution in [0.1, 0.15) is 43.7 Å². The second-order valence-electron chi connectivity index (χ2n) is 5.60. The lowest BCUT2D eigenvalue weighted by Crippen LogP contribution is -2.24. The molecular weight excluding hydrogens is 264 g/mol. The minimum atomic E-state index is 0.0829. The fraction of sp³-hybridized carbons (Fsp3) is 0.529. The highest BCUT2D eigenvalue weighted by Crippen LogP contribution is 2.31. The molecule has 0 bridgehead atoms. The summed E-state index contributed by atoms with van der Waals surface area (Å²) < 4.78 is 0. The smallest absolute Gasteiger partial charge is 0.211 e. The SMILES string of the molecule is CCc1cc(CC2CCCCC2N=C=O)cc(N=C=O)c1. The van der Waals surface area contributed by atoms with Gasteiger partial charge in [0.25, 0.3) is 0 Å². The normalized spacial score (nSPS) is 21.2. The van der Waals surface area contributed by atoms with Crippen LogP contribution in [-0.2, 0) is 22.4 Å². The van der Waals surface area contributed by atoms with Gasteiger partial charge >= 0.3 is 0 Å². The number of hydrogen-bond donors (Lipinski definition) is 0. The number of benzene rings is 1. The van der Waals surface area contributed by atoms with E-state index in [1.54, 1.807) is 12.2 Å². The maximum Gasteiger partial charge on any atom is 0.240 e. The summed E-state index contributed by atoms with van der Waals surface area (Å²) >= 11 is 0. The van der Waals surface area contributed by atoms with E-state index < -0.39 is 0 Å². The van der Waals surface area contributed by atoms with Crippen LogP contribution in [0.4, 0.5) is 5.69 Å². The molecule has 1 aliphatic rings. The second-order valence-corrected chi connectivity index (χ2v) is 5.60. The molecule has 2 atom stereocenters. The molecule has 0 saturated heterocycles. The van der Waals surface area contributed by atoms with E-state index in [4.69, 9.17) is 0 Å². The van der Waals surface area contributed by atoms with Crippen molar-refractivity contribution in [1.29, 1.82) is 0 Å². The molecule has 21 heavy (non-hydrogen) atoms. The van der Waals surface area contributed by atoms with Crippen molar-refractivity contribution in [3.05, 3.63) is 29.3 Å². The molecule has 1 aromatic carbocycles. The number of carbonyl (C=O) groups excluding carboxylic acids is 2. The van der Waals surface area contributed by atoms with Crippen LogP contribution in [0.25, 0.3) is 0 Å². The number of rotatable bonds is 5. The molecule has 0 amide bonds. The van der Waals surface area contributed by atoms with E-state index in [9.17, 15) is 9.59 Å². The van der Waals surface area contributed by atoms with Gasteiger partial charge in [-0.2, -0.15) is 4.99 Å². The van der Waals surface area contributed by atoms with Crippen molar-refractivity contribution in [2.24, 2.45) is 15.9 Å². The number of nitrogens with zero attached hydrogens (tertiary/aromatic N) is 2. The third-order valence-electron chi connectivity index (χ3n) is 4.21. The Bertz CT molecular complexity index is 584. The largest absolute Gasteiger partial charge is 0.240 e. The Hall–Kier alpha value is -2.02. The van der Waals surface area contributed by atoms with E-state index in [1.807, 2.05) is 12.1 Å². The molecule has 1 saturated carbocycles. The van der Waals surface area contributed by atoms with Crippen molar-refractivity contribution in [2.75, 3.05) is 0 Å². The number of aliphatic imine (C=N–C) groups is 2. The molecule has 1 fully saturated rings. The summed E-state index contributed by atoms with van der Waals surface area (Å²) in [4.78, 5) is 28.7. The number of hydrogen-bond acceptors (Lipinski definition) is 4. The monoisotopic (exact) mass is 284 g/mol. The Morgan fingerprint density at radius 2 is 1.86 bits per heavy atom.